The lowest BCUT2D eigenvalue weighted by Crippen LogP contribution is -2.28. The fourth-order valence-corrected chi connectivity index (χ4v) is 3.77. The molecule has 28 heavy (non-hydrogen) atoms. The van der Waals surface area contributed by atoms with E-state index in [4.69, 9.17) is 14.2 Å². The lowest BCUT2D eigenvalue weighted by molar-refractivity contribution is 0.0936. The summed E-state index contributed by atoms with van der Waals surface area (Å²) in [7, 11) is -2.35. The molecule has 2 aromatic carbocycles. The zero-order valence-corrected chi connectivity index (χ0v) is 16.5. The number of hydrogen-bond donors (Lipinski definition) is 2. The number of benzene rings is 2. The molecule has 0 radical (unpaired) electrons. The molecule has 0 atom stereocenters. The molecule has 1 heterocycles. The molecule has 150 valence electrons. The van der Waals surface area contributed by atoms with Crippen LogP contribution in [-0.2, 0) is 14.8 Å². The molecule has 8 nitrogen and oxygen atoms in total. The normalized spacial score (nSPS) is 13.1. The monoisotopic (exact) mass is 406 g/mol. The number of sulfonamides is 1. The van der Waals surface area contributed by atoms with E-state index >= 15 is 0 Å². The molecule has 0 bridgehead atoms. The number of fused-ring (bicyclic) bond motifs is 1. The molecule has 9 heteroatoms. The topological polar surface area (TPSA) is 103 Å². The third-order valence-electron chi connectivity index (χ3n) is 4.15. The number of carbonyl (C=O) groups is 1. The van der Waals surface area contributed by atoms with Crippen molar-refractivity contribution in [3.63, 3.8) is 0 Å². The lowest BCUT2D eigenvalue weighted by atomic mass is 10.1. The van der Waals surface area contributed by atoms with Gasteiger partial charge in [-0.05, 0) is 36.8 Å². The summed E-state index contributed by atoms with van der Waals surface area (Å²) >= 11 is 0. The predicted octanol–water partition coefficient (Wildman–Crippen LogP) is 1.94. The Hall–Kier alpha value is -2.78. The van der Waals surface area contributed by atoms with Crippen molar-refractivity contribution in [2.24, 2.45) is 0 Å². The Bertz CT molecular complexity index is 974. The quantitative estimate of drug-likeness (QED) is 0.682. The van der Waals surface area contributed by atoms with Gasteiger partial charge in [-0.3, -0.25) is 9.52 Å². The van der Waals surface area contributed by atoms with Crippen molar-refractivity contribution in [1.29, 1.82) is 0 Å². The first kappa shape index (κ1) is 20.0. The number of anilines is 1. The number of carbonyl (C=O) groups excluding carboxylic acids is 1. The standard InChI is InChI=1S/C19H22N2O6S/c1-13-3-5-15(12-16(13)19(22)20-7-8-25-2)28(23,24)21-14-4-6-17-18(11-14)27-10-9-26-17/h3-6,11-12,21H,7-10H2,1-2H3,(H,20,22). The zero-order chi connectivity index (χ0) is 20.1. The van der Waals surface area contributed by atoms with Crippen LogP contribution in [-0.4, -0.2) is 47.8 Å². The Morgan fingerprint density at radius 2 is 1.86 bits per heavy atom. The summed E-state index contributed by atoms with van der Waals surface area (Å²) < 4.78 is 43.9. The summed E-state index contributed by atoms with van der Waals surface area (Å²) in [6.45, 7) is 3.31. The number of methoxy groups -OCH3 is 1. The Labute approximate surface area is 163 Å². The van der Waals surface area contributed by atoms with Crippen molar-refractivity contribution in [3.8, 4) is 11.5 Å². The molecule has 2 N–H and O–H groups in total. The maximum atomic E-state index is 12.8. The van der Waals surface area contributed by atoms with Crippen LogP contribution in [0.4, 0.5) is 5.69 Å². The summed E-state index contributed by atoms with van der Waals surface area (Å²) in [6, 6.07) is 9.23. The Balaban J connectivity index is 1.81. The molecule has 1 aliphatic heterocycles. The fourth-order valence-electron chi connectivity index (χ4n) is 2.70. The van der Waals surface area contributed by atoms with Crippen molar-refractivity contribution >= 4 is 21.6 Å². The highest BCUT2D eigenvalue weighted by atomic mass is 32.2. The van der Waals surface area contributed by atoms with Crippen LogP contribution >= 0.6 is 0 Å². The number of aryl methyl sites for hydroxylation is 1. The minimum absolute atomic E-state index is 0.00937. The molecule has 3 rings (SSSR count). The third-order valence-corrected chi connectivity index (χ3v) is 5.53. The Kier molecular flexibility index (Phi) is 6.05. The van der Waals surface area contributed by atoms with Gasteiger partial charge in [0.15, 0.2) is 11.5 Å². The highest BCUT2D eigenvalue weighted by molar-refractivity contribution is 7.92. The van der Waals surface area contributed by atoms with Gasteiger partial charge in [0.2, 0.25) is 0 Å². The molecule has 0 fully saturated rings. The van der Waals surface area contributed by atoms with Crippen molar-refractivity contribution in [1.82, 2.24) is 5.32 Å². The van der Waals surface area contributed by atoms with E-state index < -0.39 is 10.0 Å². The highest BCUT2D eigenvalue weighted by Crippen LogP contribution is 2.33. The van der Waals surface area contributed by atoms with E-state index in [1.165, 1.54) is 19.2 Å². The summed E-state index contributed by atoms with van der Waals surface area (Å²) in [4.78, 5) is 12.3. The first-order valence-corrected chi connectivity index (χ1v) is 10.2. The van der Waals surface area contributed by atoms with Gasteiger partial charge in [0.25, 0.3) is 15.9 Å². The number of hydrogen-bond acceptors (Lipinski definition) is 6. The van der Waals surface area contributed by atoms with Crippen LogP contribution in [0.1, 0.15) is 15.9 Å². The van der Waals surface area contributed by atoms with Gasteiger partial charge in [-0.15, -0.1) is 0 Å². The van der Waals surface area contributed by atoms with Gasteiger partial charge < -0.3 is 19.5 Å². The average molecular weight is 406 g/mol. The Morgan fingerprint density at radius 3 is 2.61 bits per heavy atom. The van der Waals surface area contributed by atoms with Crippen LogP contribution in [0.25, 0.3) is 0 Å². The van der Waals surface area contributed by atoms with Crippen LogP contribution in [0.5, 0.6) is 11.5 Å². The number of nitrogens with one attached hydrogen (secondary N) is 2. The molecule has 0 unspecified atom stereocenters. The second-order valence-corrected chi connectivity index (χ2v) is 7.87. The minimum Gasteiger partial charge on any atom is -0.486 e. The van der Waals surface area contributed by atoms with E-state index in [9.17, 15) is 13.2 Å². The van der Waals surface area contributed by atoms with Crippen molar-refractivity contribution in [2.45, 2.75) is 11.8 Å². The molecule has 0 saturated carbocycles. The van der Waals surface area contributed by atoms with Crippen LogP contribution < -0.4 is 19.5 Å². The van der Waals surface area contributed by atoms with Gasteiger partial charge in [-0.1, -0.05) is 6.07 Å². The zero-order valence-electron chi connectivity index (χ0n) is 15.7. The summed E-state index contributed by atoms with van der Waals surface area (Å²) in [5.74, 6) is 0.694. The molecule has 1 amide bonds. The van der Waals surface area contributed by atoms with E-state index in [0.717, 1.165) is 0 Å². The van der Waals surface area contributed by atoms with Gasteiger partial charge >= 0.3 is 0 Å². The lowest BCUT2D eigenvalue weighted by Gasteiger charge is -2.19. The molecular weight excluding hydrogens is 384 g/mol. The molecule has 2 aromatic rings. The third kappa shape index (κ3) is 4.55. The fraction of sp³-hybridized carbons (Fsp3) is 0.316. The van der Waals surface area contributed by atoms with Crippen LogP contribution in [0.15, 0.2) is 41.3 Å². The van der Waals surface area contributed by atoms with Gasteiger partial charge in [0.05, 0.1) is 17.2 Å². The van der Waals surface area contributed by atoms with E-state index in [2.05, 4.69) is 10.0 Å². The van der Waals surface area contributed by atoms with Gasteiger partial charge in [0.1, 0.15) is 13.2 Å². The SMILES string of the molecule is COCCNC(=O)c1cc(S(=O)(=O)Nc2ccc3c(c2)OCCO3)ccc1C. The molecule has 1 aliphatic rings. The van der Waals surface area contributed by atoms with Gasteiger partial charge in [-0.25, -0.2) is 8.42 Å². The smallest absolute Gasteiger partial charge is 0.261 e. The number of rotatable bonds is 7. The highest BCUT2D eigenvalue weighted by Gasteiger charge is 2.20. The van der Waals surface area contributed by atoms with Crippen molar-refractivity contribution < 1.29 is 27.4 Å². The maximum Gasteiger partial charge on any atom is 0.261 e. The molecular formula is C19H22N2O6S. The van der Waals surface area contributed by atoms with E-state index in [1.807, 2.05) is 0 Å². The minimum atomic E-state index is -3.89. The van der Waals surface area contributed by atoms with Crippen molar-refractivity contribution in [3.05, 3.63) is 47.5 Å². The first-order valence-electron chi connectivity index (χ1n) is 8.71. The predicted molar refractivity (Wildman–Crippen MR) is 104 cm³/mol. The molecule has 0 spiro atoms. The Morgan fingerprint density at radius 1 is 1.11 bits per heavy atom. The second-order valence-electron chi connectivity index (χ2n) is 6.19. The molecule has 0 aliphatic carbocycles. The van der Waals surface area contributed by atoms with Gasteiger partial charge in [0, 0.05) is 25.3 Å². The van der Waals surface area contributed by atoms with E-state index in [1.54, 1.807) is 31.2 Å². The average Bonchev–Trinajstić information content (AvgIpc) is 2.68. The summed E-state index contributed by atoms with van der Waals surface area (Å²) in [5, 5.41) is 2.69. The largest absolute Gasteiger partial charge is 0.486 e. The van der Waals surface area contributed by atoms with Crippen molar-refractivity contribution in [2.75, 3.05) is 38.2 Å². The van der Waals surface area contributed by atoms with E-state index in [-0.39, 0.29) is 10.8 Å². The molecule has 0 saturated heterocycles. The maximum absolute atomic E-state index is 12.8. The summed E-state index contributed by atoms with van der Waals surface area (Å²) in [5.41, 5.74) is 1.31. The van der Waals surface area contributed by atoms with Crippen LogP contribution in [0.2, 0.25) is 0 Å². The first-order chi connectivity index (χ1) is 13.4. The molecule has 0 aromatic heterocycles. The summed E-state index contributed by atoms with van der Waals surface area (Å²) in [6.07, 6.45) is 0. The second kappa shape index (κ2) is 8.49. The number of amides is 1. The van der Waals surface area contributed by atoms with E-state index in [0.29, 0.717) is 54.7 Å². The van der Waals surface area contributed by atoms with Gasteiger partial charge in [-0.2, -0.15) is 0 Å². The van der Waals surface area contributed by atoms with Crippen LogP contribution in [0, 0.1) is 6.92 Å². The number of ether oxygens (including phenoxy) is 3. The van der Waals surface area contributed by atoms with Crippen LogP contribution in [0.3, 0.4) is 0 Å².